The van der Waals surface area contributed by atoms with Crippen LogP contribution in [0, 0.1) is 22.0 Å². The Morgan fingerprint density at radius 3 is 2.70 bits per heavy atom. The Bertz CT molecular complexity index is 924. The maximum atomic E-state index is 13.2. The number of nitrogens with zero attached hydrogens (tertiary/aromatic N) is 4. The Labute approximate surface area is 154 Å². The number of rotatable bonds is 4. The second-order valence-electron chi connectivity index (χ2n) is 6.61. The van der Waals surface area contributed by atoms with Gasteiger partial charge in [-0.25, -0.2) is 0 Å². The highest BCUT2D eigenvalue weighted by Gasteiger charge is 2.63. The zero-order valence-electron chi connectivity index (χ0n) is 14.4. The molecule has 1 aromatic carbocycles. The predicted molar refractivity (Wildman–Crippen MR) is 93.8 cm³/mol. The van der Waals surface area contributed by atoms with Crippen LogP contribution in [0.15, 0.2) is 41.5 Å². The summed E-state index contributed by atoms with van der Waals surface area (Å²) in [6, 6.07) is 3.92. The fourth-order valence-electron chi connectivity index (χ4n) is 4.15. The van der Waals surface area contributed by atoms with Gasteiger partial charge < -0.3 is 0 Å². The molecule has 0 radical (unpaired) electrons. The molecule has 4 rings (SSSR count). The number of non-ortho nitro benzene ring substituents is 1. The first kappa shape index (κ1) is 17.1. The van der Waals surface area contributed by atoms with Crippen LogP contribution >= 0.6 is 0 Å². The predicted octanol–water partition coefficient (Wildman–Crippen LogP) is 1.01. The normalized spacial score (nSPS) is 28.5. The molecule has 4 atom stereocenters. The Hall–Kier alpha value is -3.36. The summed E-state index contributed by atoms with van der Waals surface area (Å²) >= 11 is 0. The van der Waals surface area contributed by atoms with Crippen molar-refractivity contribution in [2.24, 2.45) is 16.9 Å². The molecule has 9 heteroatoms. The second-order valence-corrected chi connectivity index (χ2v) is 6.61. The van der Waals surface area contributed by atoms with Crippen LogP contribution < -0.4 is 0 Å². The molecule has 27 heavy (non-hydrogen) atoms. The summed E-state index contributed by atoms with van der Waals surface area (Å²) in [6.45, 7) is 1.95. The molecule has 9 nitrogen and oxygen atoms in total. The average Bonchev–Trinajstić information content (AvgIpc) is 3.14. The van der Waals surface area contributed by atoms with Gasteiger partial charge in [0.1, 0.15) is 6.04 Å². The van der Waals surface area contributed by atoms with Gasteiger partial charge in [0.25, 0.3) is 5.69 Å². The molecule has 2 amide bonds. The largest absolute Gasteiger partial charge is 0.292 e. The number of likely N-dealkylation sites (tertiary alicyclic amines) is 1. The minimum atomic E-state index is -0.976. The van der Waals surface area contributed by atoms with E-state index in [-0.39, 0.29) is 23.7 Å². The number of hydrazone groups is 1. The highest BCUT2D eigenvalue weighted by molar-refractivity contribution is 6.12. The van der Waals surface area contributed by atoms with Gasteiger partial charge in [0.2, 0.25) is 11.8 Å². The van der Waals surface area contributed by atoms with Gasteiger partial charge in [-0.05, 0) is 13.0 Å². The molecular formula is C18H16N4O5. The van der Waals surface area contributed by atoms with E-state index in [0.29, 0.717) is 0 Å². The number of hydrogen-bond donors (Lipinski definition) is 0. The molecule has 3 aliphatic rings. The van der Waals surface area contributed by atoms with Crippen molar-refractivity contribution in [3.8, 4) is 0 Å². The summed E-state index contributed by atoms with van der Waals surface area (Å²) in [6.07, 6.45) is 4.94. The number of Topliss-reactive ketones (excluding diaryl/α,β-unsaturated/α-hetero) is 1. The van der Waals surface area contributed by atoms with Crippen molar-refractivity contribution in [2.45, 2.75) is 19.0 Å². The highest BCUT2D eigenvalue weighted by atomic mass is 16.6. The Kier molecular flexibility index (Phi) is 3.87. The van der Waals surface area contributed by atoms with Crippen LogP contribution in [0.4, 0.5) is 5.69 Å². The third-order valence-electron chi connectivity index (χ3n) is 5.31. The molecule has 0 aliphatic carbocycles. The number of fused-ring (bicyclic) bond motifs is 3. The van der Waals surface area contributed by atoms with E-state index in [2.05, 4.69) is 5.10 Å². The molecule has 3 heterocycles. The minimum absolute atomic E-state index is 0.119. The molecule has 0 bridgehead atoms. The van der Waals surface area contributed by atoms with Crippen LogP contribution in [0.5, 0.6) is 0 Å². The van der Waals surface area contributed by atoms with Gasteiger partial charge in [-0.3, -0.25) is 34.4 Å². The van der Waals surface area contributed by atoms with Gasteiger partial charge in [-0.2, -0.15) is 5.10 Å². The van der Waals surface area contributed by atoms with Gasteiger partial charge in [0.15, 0.2) is 5.78 Å². The second kappa shape index (κ2) is 6.11. The van der Waals surface area contributed by atoms with Crippen molar-refractivity contribution in [2.75, 3.05) is 6.54 Å². The molecule has 0 N–H and O–H groups in total. The number of nitro benzene ring substituents is 1. The quantitative estimate of drug-likeness (QED) is 0.339. The SMILES string of the molecule is CCN1C(=O)[C@@H]2[C@H](C1=O)[C@@H]1C=CC=NN1[C@@H]2C(=O)c1cccc([N+](=O)[O-])c1. The maximum Gasteiger partial charge on any atom is 0.270 e. The molecular weight excluding hydrogens is 352 g/mol. The third kappa shape index (κ3) is 2.38. The van der Waals surface area contributed by atoms with E-state index >= 15 is 0 Å². The number of carbonyl (C=O) groups is 3. The molecule has 1 aromatic rings. The number of carbonyl (C=O) groups excluding carboxylic acids is 3. The van der Waals surface area contributed by atoms with Crippen molar-refractivity contribution in [1.29, 1.82) is 0 Å². The lowest BCUT2D eigenvalue weighted by Gasteiger charge is -2.30. The molecule has 0 aromatic heterocycles. The number of hydrogen-bond acceptors (Lipinski definition) is 7. The first-order valence-electron chi connectivity index (χ1n) is 8.58. The van der Waals surface area contributed by atoms with E-state index in [1.54, 1.807) is 19.1 Å². The van der Waals surface area contributed by atoms with Gasteiger partial charge in [0.05, 0.1) is 22.8 Å². The van der Waals surface area contributed by atoms with E-state index in [9.17, 15) is 24.5 Å². The number of allylic oxidation sites excluding steroid dienone is 1. The first-order chi connectivity index (χ1) is 13.0. The monoisotopic (exact) mass is 368 g/mol. The molecule has 0 spiro atoms. The fourth-order valence-corrected chi connectivity index (χ4v) is 4.15. The van der Waals surface area contributed by atoms with Crippen molar-refractivity contribution in [3.05, 3.63) is 52.1 Å². The lowest BCUT2D eigenvalue weighted by Crippen LogP contribution is -2.45. The fraction of sp³-hybridized carbons (Fsp3) is 0.333. The van der Waals surface area contributed by atoms with Crippen LogP contribution in [0.2, 0.25) is 0 Å². The standard InChI is InChI=1S/C18H16N4O5/c1-2-20-17(24)13-12-7-4-8-19-21(12)15(14(13)18(20)25)16(23)10-5-3-6-11(9-10)22(26)27/h3-9,12-15H,2H2,1H3/t12-,13+,14+,15-/m0/s1. The summed E-state index contributed by atoms with van der Waals surface area (Å²) in [5.74, 6) is -2.69. The molecule has 3 aliphatic heterocycles. The maximum absolute atomic E-state index is 13.2. The van der Waals surface area contributed by atoms with Crippen molar-refractivity contribution in [1.82, 2.24) is 9.91 Å². The summed E-state index contributed by atoms with van der Waals surface area (Å²) in [5.41, 5.74) is -0.0912. The number of benzene rings is 1. The summed E-state index contributed by atoms with van der Waals surface area (Å²) < 4.78 is 0. The van der Waals surface area contributed by atoms with Crippen molar-refractivity contribution >= 4 is 29.5 Å². The van der Waals surface area contributed by atoms with E-state index in [0.717, 1.165) is 0 Å². The van der Waals surface area contributed by atoms with E-state index in [1.165, 1.54) is 40.4 Å². The Morgan fingerprint density at radius 1 is 1.26 bits per heavy atom. The number of imide groups is 1. The van der Waals surface area contributed by atoms with Crippen molar-refractivity contribution < 1.29 is 19.3 Å². The van der Waals surface area contributed by atoms with Crippen molar-refractivity contribution in [3.63, 3.8) is 0 Å². The zero-order valence-corrected chi connectivity index (χ0v) is 14.4. The van der Waals surface area contributed by atoms with Crippen LogP contribution in [0.25, 0.3) is 0 Å². The number of amides is 2. The van der Waals surface area contributed by atoms with Crippen LogP contribution in [-0.4, -0.2) is 57.3 Å². The zero-order chi connectivity index (χ0) is 19.3. The lowest BCUT2D eigenvalue weighted by atomic mass is 9.86. The van der Waals surface area contributed by atoms with E-state index in [4.69, 9.17) is 0 Å². The number of nitro groups is 1. The lowest BCUT2D eigenvalue weighted by molar-refractivity contribution is -0.384. The molecule has 0 saturated carbocycles. The van der Waals surface area contributed by atoms with Gasteiger partial charge in [-0.1, -0.05) is 18.2 Å². The average molecular weight is 368 g/mol. The summed E-state index contributed by atoms with van der Waals surface area (Å²) in [5, 5.41) is 16.7. The smallest absolute Gasteiger partial charge is 0.270 e. The van der Waals surface area contributed by atoms with E-state index in [1.807, 2.05) is 0 Å². The summed E-state index contributed by atoms with van der Waals surface area (Å²) in [4.78, 5) is 50.4. The Morgan fingerprint density at radius 2 is 2.00 bits per heavy atom. The van der Waals surface area contributed by atoms with Crippen LogP contribution in [-0.2, 0) is 9.59 Å². The minimum Gasteiger partial charge on any atom is -0.292 e. The highest BCUT2D eigenvalue weighted by Crippen LogP contribution is 2.45. The molecule has 138 valence electrons. The topological polar surface area (TPSA) is 113 Å². The van der Waals surface area contributed by atoms with Crippen LogP contribution in [0.3, 0.4) is 0 Å². The van der Waals surface area contributed by atoms with Gasteiger partial charge >= 0.3 is 0 Å². The van der Waals surface area contributed by atoms with Gasteiger partial charge in [0, 0.05) is 30.5 Å². The van der Waals surface area contributed by atoms with E-state index < -0.39 is 40.5 Å². The molecule has 2 fully saturated rings. The Balaban J connectivity index is 1.78. The first-order valence-corrected chi connectivity index (χ1v) is 8.58. The van der Waals surface area contributed by atoms with Crippen LogP contribution in [0.1, 0.15) is 17.3 Å². The molecule has 2 saturated heterocycles. The third-order valence-corrected chi connectivity index (χ3v) is 5.31. The van der Waals surface area contributed by atoms with Gasteiger partial charge in [-0.15, -0.1) is 0 Å². The summed E-state index contributed by atoms with van der Waals surface area (Å²) in [7, 11) is 0. The molecule has 0 unspecified atom stereocenters. The number of ketones is 1.